The number of carbonyl (C=O) groups is 1. The molecule has 0 saturated carbocycles. The molecule has 7 nitrogen and oxygen atoms in total. The third-order valence-electron chi connectivity index (χ3n) is 6.01. The second-order valence-electron chi connectivity index (χ2n) is 8.56. The minimum Gasteiger partial charge on any atom is -0.489 e. The highest BCUT2D eigenvalue weighted by Crippen LogP contribution is 2.33. The molecule has 0 saturated heterocycles. The maximum absolute atomic E-state index is 13.1. The summed E-state index contributed by atoms with van der Waals surface area (Å²) in [5.74, 6) is 0.773. The fourth-order valence-electron chi connectivity index (χ4n) is 4.11. The smallest absolute Gasteiger partial charge is 0.264 e. The van der Waals surface area contributed by atoms with Crippen molar-refractivity contribution in [2.24, 2.45) is 0 Å². The Morgan fingerprint density at radius 2 is 1.43 bits per heavy atom. The highest BCUT2D eigenvalue weighted by Gasteiger charge is 2.30. The Hall–Kier alpha value is -4.30. The lowest BCUT2D eigenvalue weighted by molar-refractivity contribution is -0.118. The normalized spacial score (nSPS) is 12.6. The van der Waals surface area contributed by atoms with Crippen LogP contribution in [-0.4, -0.2) is 27.5 Å². The predicted octanol–water partition coefficient (Wildman–Crippen LogP) is 5.03. The van der Waals surface area contributed by atoms with Crippen LogP contribution in [0, 0.1) is 0 Å². The minimum atomic E-state index is -3.68. The molecule has 1 aliphatic rings. The van der Waals surface area contributed by atoms with E-state index < -0.39 is 10.0 Å². The standard InChI is InChI=1S/C29H26N2O5S/c32-29(30-24-10-12-25(13-11-24)35-20-22-6-2-1-3-7-22)21-36-26-14-16-27(17-15-26)37(33,34)31-19-18-23-8-4-5-9-28(23)31/h1-17H,18-21H2,(H,30,32). The van der Waals surface area contributed by atoms with Gasteiger partial charge >= 0.3 is 0 Å². The van der Waals surface area contributed by atoms with E-state index in [2.05, 4.69) is 5.32 Å². The third-order valence-corrected chi connectivity index (χ3v) is 7.84. The van der Waals surface area contributed by atoms with Gasteiger partial charge in [-0.05, 0) is 72.1 Å². The molecule has 0 bridgehead atoms. The zero-order chi connectivity index (χ0) is 25.7. The van der Waals surface area contributed by atoms with Crippen LogP contribution in [0.1, 0.15) is 11.1 Å². The molecule has 1 heterocycles. The molecule has 188 valence electrons. The van der Waals surface area contributed by atoms with Gasteiger partial charge in [0.1, 0.15) is 18.1 Å². The number of amides is 1. The molecule has 1 N–H and O–H groups in total. The number of sulfonamides is 1. The van der Waals surface area contributed by atoms with Gasteiger partial charge in [-0.25, -0.2) is 8.42 Å². The highest BCUT2D eigenvalue weighted by atomic mass is 32.2. The van der Waals surface area contributed by atoms with E-state index >= 15 is 0 Å². The number of para-hydroxylation sites is 1. The van der Waals surface area contributed by atoms with Crippen LogP contribution in [0.25, 0.3) is 0 Å². The average Bonchev–Trinajstić information content (AvgIpc) is 3.38. The Morgan fingerprint density at radius 1 is 0.784 bits per heavy atom. The van der Waals surface area contributed by atoms with Gasteiger partial charge in [-0.2, -0.15) is 0 Å². The molecule has 0 unspecified atom stereocenters. The molecule has 0 fully saturated rings. The largest absolute Gasteiger partial charge is 0.489 e. The van der Waals surface area contributed by atoms with Crippen molar-refractivity contribution in [2.75, 3.05) is 22.8 Å². The van der Waals surface area contributed by atoms with Gasteiger partial charge in [0.05, 0.1) is 10.6 Å². The lowest BCUT2D eigenvalue weighted by Gasteiger charge is -2.19. The number of rotatable bonds is 9. The first kappa shape index (κ1) is 24.4. The quantitative estimate of drug-likeness (QED) is 0.339. The summed E-state index contributed by atoms with van der Waals surface area (Å²) in [6.07, 6.45) is 0.690. The monoisotopic (exact) mass is 514 g/mol. The summed E-state index contributed by atoms with van der Waals surface area (Å²) < 4.78 is 39.0. The fraction of sp³-hybridized carbons (Fsp3) is 0.138. The maximum atomic E-state index is 13.1. The first-order valence-electron chi connectivity index (χ1n) is 11.9. The maximum Gasteiger partial charge on any atom is 0.264 e. The van der Waals surface area contributed by atoms with Crippen LogP contribution >= 0.6 is 0 Å². The second-order valence-corrected chi connectivity index (χ2v) is 10.4. The number of hydrogen-bond donors (Lipinski definition) is 1. The summed E-state index contributed by atoms with van der Waals surface area (Å²) in [4.78, 5) is 12.5. The molecule has 1 aliphatic heterocycles. The molecule has 0 aliphatic carbocycles. The Kier molecular flexibility index (Phi) is 7.09. The topological polar surface area (TPSA) is 84.9 Å². The molecule has 1 amide bonds. The summed E-state index contributed by atoms with van der Waals surface area (Å²) in [6, 6.07) is 30.6. The van der Waals surface area contributed by atoms with Gasteiger partial charge in [-0.15, -0.1) is 0 Å². The van der Waals surface area contributed by atoms with Gasteiger partial charge in [0.15, 0.2) is 6.61 Å². The molecule has 0 radical (unpaired) electrons. The molecular formula is C29H26N2O5S. The number of hydrogen-bond acceptors (Lipinski definition) is 5. The molecule has 0 spiro atoms. The summed E-state index contributed by atoms with van der Waals surface area (Å²) in [5.41, 5.74) is 3.43. The lowest BCUT2D eigenvalue weighted by atomic mass is 10.2. The Bertz CT molecular complexity index is 1470. The molecule has 0 aromatic heterocycles. The van der Waals surface area contributed by atoms with E-state index in [0.717, 1.165) is 16.8 Å². The van der Waals surface area contributed by atoms with Crippen LogP contribution in [0.4, 0.5) is 11.4 Å². The van der Waals surface area contributed by atoms with Crippen molar-refractivity contribution in [1.82, 2.24) is 0 Å². The van der Waals surface area contributed by atoms with E-state index in [-0.39, 0.29) is 17.4 Å². The fourth-order valence-corrected chi connectivity index (χ4v) is 5.62. The Labute approximate surface area is 216 Å². The van der Waals surface area contributed by atoms with Crippen molar-refractivity contribution in [3.8, 4) is 11.5 Å². The SMILES string of the molecule is O=C(COc1ccc(S(=O)(=O)N2CCc3ccccc32)cc1)Nc1ccc(OCc2ccccc2)cc1. The minimum absolute atomic E-state index is 0.176. The van der Waals surface area contributed by atoms with Gasteiger partial charge in [-0.3, -0.25) is 9.10 Å². The van der Waals surface area contributed by atoms with E-state index in [1.807, 2.05) is 54.6 Å². The van der Waals surface area contributed by atoms with E-state index in [9.17, 15) is 13.2 Å². The van der Waals surface area contributed by atoms with Crippen molar-refractivity contribution in [2.45, 2.75) is 17.9 Å². The van der Waals surface area contributed by atoms with Crippen molar-refractivity contribution in [1.29, 1.82) is 0 Å². The summed E-state index contributed by atoms with van der Waals surface area (Å²) in [5, 5.41) is 2.77. The van der Waals surface area contributed by atoms with Crippen molar-refractivity contribution >= 4 is 27.3 Å². The van der Waals surface area contributed by atoms with Crippen LogP contribution in [0.15, 0.2) is 108 Å². The van der Waals surface area contributed by atoms with Crippen molar-refractivity contribution in [3.05, 3.63) is 114 Å². The van der Waals surface area contributed by atoms with Gasteiger partial charge in [0.25, 0.3) is 15.9 Å². The van der Waals surface area contributed by atoms with Crippen molar-refractivity contribution < 1.29 is 22.7 Å². The van der Waals surface area contributed by atoms with Gasteiger partial charge in [0.2, 0.25) is 0 Å². The van der Waals surface area contributed by atoms with Crippen LogP contribution in [0.3, 0.4) is 0 Å². The Balaban J connectivity index is 1.12. The number of anilines is 2. The summed E-state index contributed by atoms with van der Waals surface area (Å²) in [7, 11) is -3.68. The van der Waals surface area contributed by atoms with Crippen LogP contribution in [-0.2, 0) is 27.8 Å². The number of benzene rings is 4. The molecule has 4 aromatic rings. The highest BCUT2D eigenvalue weighted by molar-refractivity contribution is 7.92. The predicted molar refractivity (Wildman–Crippen MR) is 142 cm³/mol. The van der Waals surface area contributed by atoms with Gasteiger partial charge in [-0.1, -0.05) is 48.5 Å². The number of ether oxygens (including phenoxy) is 2. The molecule has 5 rings (SSSR count). The molecule has 8 heteroatoms. The number of nitrogens with zero attached hydrogens (tertiary/aromatic N) is 1. The van der Waals surface area contributed by atoms with E-state index in [0.29, 0.717) is 36.8 Å². The number of fused-ring (bicyclic) bond motifs is 1. The van der Waals surface area contributed by atoms with E-state index in [4.69, 9.17) is 9.47 Å². The molecule has 0 atom stereocenters. The molecule has 4 aromatic carbocycles. The lowest BCUT2D eigenvalue weighted by Crippen LogP contribution is -2.29. The molecule has 37 heavy (non-hydrogen) atoms. The average molecular weight is 515 g/mol. The number of carbonyl (C=O) groups excluding carboxylic acids is 1. The molecular weight excluding hydrogens is 488 g/mol. The zero-order valence-electron chi connectivity index (χ0n) is 20.0. The summed E-state index contributed by atoms with van der Waals surface area (Å²) >= 11 is 0. The summed E-state index contributed by atoms with van der Waals surface area (Å²) in [6.45, 7) is 0.671. The van der Waals surface area contributed by atoms with Crippen LogP contribution in [0.5, 0.6) is 11.5 Å². The van der Waals surface area contributed by atoms with Gasteiger partial charge in [0, 0.05) is 12.2 Å². The van der Waals surface area contributed by atoms with E-state index in [1.165, 1.54) is 16.4 Å². The van der Waals surface area contributed by atoms with Crippen LogP contribution < -0.4 is 19.1 Å². The number of nitrogens with one attached hydrogen (secondary N) is 1. The van der Waals surface area contributed by atoms with Crippen LogP contribution in [0.2, 0.25) is 0 Å². The Morgan fingerprint density at radius 3 is 2.19 bits per heavy atom. The second kappa shape index (κ2) is 10.8. The third kappa shape index (κ3) is 5.76. The first-order valence-corrected chi connectivity index (χ1v) is 13.3. The van der Waals surface area contributed by atoms with Crippen molar-refractivity contribution in [3.63, 3.8) is 0 Å². The van der Waals surface area contributed by atoms with Gasteiger partial charge < -0.3 is 14.8 Å². The first-order chi connectivity index (χ1) is 18.0. The zero-order valence-corrected chi connectivity index (χ0v) is 20.9. The van der Waals surface area contributed by atoms with E-state index in [1.54, 1.807) is 36.4 Å².